The van der Waals surface area contributed by atoms with Crippen LogP contribution in [0.5, 0.6) is 0 Å². The Kier molecular flexibility index (Phi) is 6.46. The number of carbonyl (C=O) groups is 2. The lowest BCUT2D eigenvalue weighted by molar-refractivity contribution is -0.148. The van der Waals surface area contributed by atoms with Crippen LogP contribution in [0.2, 0.25) is 0 Å². The van der Waals surface area contributed by atoms with Crippen LogP contribution in [0.4, 0.5) is 0 Å². The summed E-state index contributed by atoms with van der Waals surface area (Å²) in [5.41, 5.74) is 5.20. The normalized spacial score (nSPS) is 19.4. The van der Waals surface area contributed by atoms with Crippen molar-refractivity contribution in [1.29, 1.82) is 0 Å². The Morgan fingerprint density at radius 1 is 1.30 bits per heavy atom. The maximum Gasteiger partial charge on any atom is 0.305 e. The number of amides is 1. The Bertz CT molecular complexity index is 338. The summed E-state index contributed by atoms with van der Waals surface area (Å²) in [6.07, 6.45) is 6.39. The maximum absolute atomic E-state index is 12.6. The number of aliphatic carboxylic acids is 1. The first-order valence-electron chi connectivity index (χ1n) is 7.66. The van der Waals surface area contributed by atoms with Gasteiger partial charge in [0, 0.05) is 13.6 Å². The van der Waals surface area contributed by atoms with E-state index >= 15 is 0 Å². The minimum absolute atomic E-state index is 0.0116. The van der Waals surface area contributed by atoms with Gasteiger partial charge in [-0.05, 0) is 19.3 Å². The second kappa shape index (κ2) is 7.62. The molecule has 1 atom stereocenters. The standard InChI is InChI=1S/C15H28N2O3/c1-3-7-12(11-16)14(20)17(2)15(10-13(18)19)8-5-4-6-9-15/h12H,3-11,16H2,1-2H3,(H,18,19). The first-order valence-corrected chi connectivity index (χ1v) is 7.66. The van der Waals surface area contributed by atoms with Gasteiger partial charge in [0.05, 0.1) is 17.9 Å². The lowest BCUT2D eigenvalue weighted by Gasteiger charge is -2.45. The Balaban J connectivity index is 2.88. The zero-order chi connectivity index (χ0) is 15.2. The Morgan fingerprint density at radius 3 is 2.35 bits per heavy atom. The molecule has 1 amide bonds. The SMILES string of the molecule is CCCC(CN)C(=O)N(C)C1(CC(=O)O)CCCCC1. The van der Waals surface area contributed by atoms with Gasteiger partial charge in [-0.25, -0.2) is 0 Å². The molecule has 0 aliphatic heterocycles. The van der Waals surface area contributed by atoms with Crippen molar-refractivity contribution in [3.63, 3.8) is 0 Å². The van der Waals surface area contributed by atoms with Gasteiger partial charge in [-0.15, -0.1) is 0 Å². The second-order valence-electron chi connectivity index (χ2n) is 5.97. The molecule has 1 aliphatic carbocycles. The third-order valence-electron chi connectivity index (χ3n) is 4.58. The molecule has 0 saturated heterocycles. The lowest BCUT2D eigenvalue weighted by Crippen LogP contribution is -2.54. The summed E-state index contributed by atoms with van der Waals surface area (Å²) in [7, 11) is 1.76. The summed E-state index contributed by atoms with van der Waals surface area (Å²) in [4.78, 5) is 25.5. The third-order valence-corrected chi connectivity index (χ3v) is 4.58. The van der Waals surface area contributed by atoms with Gasteiger partial charge in [-0.2, -0.15) is 0 Å². The summed E-state index contributed by atoms with van der Waals surface area (Å²) in [6.45, 7) is 2.36. The van der Waals surface area contributed by atoms with Gasteiger partial charge in [-0.1, -0.05) is 32.6 Å². The minimum Gasteiger partial charge on any atom is -0.481 e. The van der Waals surface area contributed by atoms with Crippen molar-refractivity contribution >= 4 is 11.9 Å². The molecule has 1 fully saturated rings. The molecule has 5 heteroatoms. The lowest BCUT2D eigenvalue weighted by atomic mass is 9.77. The van der Waals surface area contributed by atoms with E-state index in [1.165, 1.54) is 0 Å². The summed E-state index contributed by atoms with van der Waals surface area (Å²) in [5.74, 6) is -0.999. The van der Waals surface area contributed by atoms with E-state index in [1.54, 1.807) is 11.9 Å². The number of hydrogen-bond acceptors (Lipinski definition) is 3. The van der Waals surface area contributed by atoms with Crippen molar-refractivity contribution in [2.75, 3.05) is 13.6 Å². The fraction of sp³-hybridized carbons (Fsp3) is 0.867. The Morgan fingerprint density at radius 2 is 1.90 bits per heavy atom. The van der Waals surface area contributed by atoms with Crippen LogP contribution in [0.15, 0.2) is 0 Å². The van der Waals surface area contributed by atoms with Gasteiger partial charge in [0.2, 0.25) is 5.91 Å². The molecule has 0 aromatic carbocycles. The fourth-order valence-corrected chi connectivity index (χ4v) is 3.32. The molecule has 1 saturated carbocycles. The van der Waals surface area contributed by atoms with Crippen LogP contribution < -0.4 is 5.73 Å². The molecule has 0 aromatic heterocycles. The highest BCUT2D eigenvalue weighted by molar-refractivity contribution is 5.80. The van der Waals surface area contributed by atoms with Crippen LogP contribution in [-0.2, 0) is 9.59 Å². The second-order valence-corrected chi connectivity index (χ2v) is 5.97. The quantitative estimate of drug-likeness (QED) is 0.749. The summed E-state index contributed by atoms with van der Waals surface area (Å²) in [6, 6.07) is 0. The number of carboxylic acids is 1. The zero-order valence-electron chi connectivity index (χ0n) is 12.7. The third kappa shape index (κ3) is 3.95. The van der Waals surface area contributed by atoms with Crippen molar-refractivity contribution in [3.05, 3.63) is 0 Å². The topological polar surface area (TPSA) is 83.6 Å². The van der Waals surface area contributed by atoms with E-state index in [0.29, 0.717) is 6.54 Å². The predicted molar refractivity (Wildman–Crippen MR) is 78.3 cm³/mol. The molecule has 1 rings (SSSR count). The molecule has 0 bridgehead atoms. The van der Waals surface area contributed by atoms with Crippen molar-refractivity contribution < 1.29 is 14.7 Å². The number of hydrogen-bond donors (Lipinski definition) is 2. The van der Waals surface area contributed by atoms with E-state index in [9.17, 15) is 14.7 Å². The molecular formula is C15H28N2O3. The molecule has 0 radical (unpaired) electrons. The van der Waals surface area contributed by atoms with Gasteiger partial charge in [0.25, 0.3) is 0 Å². The predicted octanol–water partition coefficient (Wildman–Crippen LogP) is 2.00. The van der Waals surface area contributed by atoms with Gasteiger partial charge >= 0.3 is 5.97 Å². The van der Waals surface area contributed by atoms with Crippen LogP contribution in [-0.4, -0.2) is 41.0 Å². The van der Waals surface area contributed by atoms with Gasteiger partial charge in [-0.3, -0.25) is 9.59 Å². The zero-order valence-corrected chi connectivity index (χ0v) is 12.7. The van der Waals surface area contributed by atoms with E-state index in [-0.39, 0.29) is 18.2 Å². The molecule has 1 aliphatic rings. The number of carbonyl (C=O) groups excluding carboxylic acids is 1. The monoisotopic (exact) mass is 284 g/mol. The average molecular weight is 284 g/mol. The largest absolute Gasteiger partial charge is 0.481 e. The first-order chi connectivity index (χ1) is 9.46. The van der Waals surface area contributed by atoms with Gasteiger partial charge < -0.3 is 15.7 Å². The molecule has 5 nitrogen and oxygen atoms in total. The van der Waals surface area contributed by atoms with Crippen LogP contribution >= 0.6 is 0 Å². The molecule has 1 unspecified atom stereocenters. The van der Waals surface area contributed by atoms with Gasteiger partial charge in [0.1, 0.15) is 0 Å². The molecule has 0 aromatic rings. The van der Waals surface area contributed by atoms with Crippen LogP contribution in [0.3, 0.4) is 0 Å². The molecule has 0 heterocycles. The van der Waals surface area contributed by atoms with Crippen molar-refractivity contribution in [2.45, 2.75) is 63.8 Å². The Hall–Kier alpha value is -1.10. The maximum atomic E-state index is 12.6. The van der Waals surface area contributed by atoms with Gasteiger partial charge in [0.15, 0.2) is 0 Å². The number of nitrogens with two attached hydrogens (primary N) is 1. The summed E-state index contributed by atoms with van der Waals surface area (Å²) < 4.78 is 0. The summed E-state index contributed by atoms with van der Waals surface area (Å²) >= 11 is 0. The number of rotatable bonds is 7. The molecule has 0 spiro atoms. The van der Waals surface area contributed by atoms with Crippen LogP contribution in [0.25, 0.3) is 0 Å². The minimum atomic E-state index is -0.827. The first kappa shape index (κ1) is 17.0. The van der Waals surface area contributed by atoms with E-state index in [1.807, 2.05) is 6.92 Å². The Labute approximate surface area is 121 Å². The van der Waals surface area contributed by atoms with E-state index in [2.05, 4.69) is 0 Å². The average Bonchev–Trinajstić information content (AvgIpc) is 2.43. The van der Waals surface area contributed by atoms with Crippen molar-refractivity contribution in [2.24, 2.45) is 11.7 Å². The fourth-order valence-electron chi connectivity index (χ4n) is 3.32. The molecule has 20 heavy (non-hydrogen) atoms. The van der Waals surface area contributed by atoms with E-state index < -0.39 is 11.5 Å². The van der Waals surface area contributed by atoms with Crippen molar-refractivity contribution in [3.8, 4) is 0 Å². The van der Waals surface area contributed by atoms with E-state index in [0.717, 1.165) is 44.9 Å². The highest BCUT2D eigenvalue weighted by atomic mass is 16.4. The molecule has 116 valence electrons. The highest BCUT2D eigenvalue weighted by Crippen LogP contribution is 2.36. The molecular weight excluding hydrogens is 256 g/mol. The van der Waals surface area contributed by atoms with Crippen LogP contribution in [0.1, 0.15) is 58.3 Å². The highest BCUT2D eigenvalue weighted by Gasteiger charge is 2.41. The van der Waals surface area contributed by atoms with E-state index in [4.69, 9.17) is 5.73 Å². The smallest absolute Gasteiger partial charge is 0.305 e. The summed E-state index contributed by atoms with van der Waals surface area (Å²) in [5, 5.41) is 9.20. The van der Waals surface area contributed by atoms with Crippen molar-refractivity contribution in [1.82, 2.24) is 4.90 Å². The van der Waals surface area contributed by atoms with Crippen LogP contribution in [0, 0.1) is 5.92 Å². The molecule has 3 N–H and O–H groups in total. The number of carboxylic acid groups (broad SMARTS) is 1. The number of nitrogens with zero attached hydrogens (tertiary/aromatic N) is 1.